The summed E-state index contributed by atoms with van der Waals surface area (Å²) in [7, 11) is -21.2. The van der Waals surface area contributed by atoms with Crippen LogP contribution in [0.1, 0.15) is 12.8 Å². The van der Waals surface area contributed by atoms with Crippen LogP contribution in [0.3, 0.4) is 0 Å². The highest BCUT2D eigenvalue weighted by Crippen LogP contribution is 2.49. The van der Waals surface area contributed by atoms with E-state index < -0.39 is 103 Å². The lowest BCUT2D eigenvalue weighted by atomic mass is 9.83. The van der Waals surface area contributed by atoms with Crippen LogP contribution in [0.15, 0.2) is 91.7 Å². The molecule has 18 nitrogen and oxygen atoms in total. The van der Waals surface area contributed by atoms with E-state index in [0.29, 0.717) is 12.2 Å². The number of halogens is 2. The van der Waals surface area contributed by atoms with Gasteiger partial charge in [0.2, 0.25) is 9.74 Å². The van der Waals surface area contributed by atoms with Gasteiger partial charge in [-0.3, -0.25) is 18.2 Å². The molecule has 0 aliphatic heterocycles. The summed E-state index contributed by atoms with van der Waals surface area (Å²) >= 11 is 11.6. The first kappa shape index (κ1) is 36.0. The van der Waals surface area contributed by atoms with E-state index in [2.05, 4.69) is 20.5 Å². The topological polar surface area (TPSA) is 314 Å². The highest BCUT2D eigenvalue weighted by atomic mass is 35.5. The second-order valence-corrected chi connectivity index (χ2v) is 17.1. The van der Waals surface area contributed by atoms with E-state index in [-0.39, 0.29) is 10.0 Å². The summed E-state index contributed by atoms with van der Waals surface area (Å²) in [6.45, 7) is 0. The van der Waals surface area contributed by atoms with Gasteiger partial charge in [0.05, 0.1) is 16.2 Å². The number of hydrogen-bond acceptors (Lipinski definition) is 12. The second-order valence-electron chi connectivity index (χ2n) is 9.78. The first-order chi connectivity index (χ1) is 20.9. The van der Waals surface area contributed by atoms with Crippen LogP contribution in [0.25, 0.3) is 0 Å². The van der Waals surface area contributed by atoms with Crippen LogP contribution in [0.2, 0.25) is 10.0 Å². The lowest BCUT2D eigenvalue weighted by Crippen LogP contribution is -2.42. The van der Waals surface area contributed by atoms with E-state index in [1.807, 2.05) is 0 Å². The highest BCUT2D eigenvalue weighted by molar-refractivity contribution is 7.87. The standard InChI is InChI=1S/C22H20Cl2N4O14P2S2/c23-12-1-3-14(18(5-12)43(31,32)33)25-27-21(45(37,38)39)7-11-8-22(46(40,41)42,10-17(30)20(11)16(29)9-21)28-26-15-4-2-13(24)6-19(15)44(34,35)36/h1-7,9,29-30H,8,10H2,(H2,31,32,33)(H2,34,35,36)(H,37,38,39)(H,40,41,42). The van der Waals surface area contributed by atoms with Crippen LogP contribution >= 0.6 is 38.4 Å². The van der Waals surface area contributed by atoms with E-state index >= 15 is 0 Å². The monoisotopic (exact) mass is 760 g/mol. The average molecular weight is 761 g/mol. The predicted molar refractivity (Wildman–Crippen MR) is 162 cm³/mol. The molecule has 0 aromatic heterocycles. The Bertz CT molecular complexity index is 2130. The van der Waals surface area contributed by atoms with Crippen LogP contribution in [-0.4, -0.2) is 65.5 Å². The fourth-order valence-corrected chi connectivity index (χ4v) is 7.89. The number of rotatable bonds is 8. The largest absolute Gasteiger partial charge is 0.511 e. The molecule has 2 atom stereocenters. The molecule has 8 N–H and O–H groups in total. The Morgan fingerprint density at radius 2 is 1.20 bits per heavy atom. The van der Waals surface area contributed by atoms with Gasteiger partial charge in [-0.15, -0.1) is 0 Å². The first-order valence-corrected chi connectivity index (χ1v) is 18.8. The number of nitrogens with zero attached hydrogens (tertiary/aromatic N) is 4. The summed E-state index contributed by atoms with van der Waals surface area (Å²) < 4.78 is 94.9. The van der Waals surface area contributed by atoms with Crippen molar-refractivity contribution < 1.29 is 64.9 Å². The molecule has 0 heterocycles. The Morgan fingerprint density at radius 1 is 0.717 bits per heavy atom. The SMILES string of the molecule is O=P(O)(O)c1cc(Cl)ccc1N=NC1(S(=O)(=O)O)C=C(O)C2=C(O)CC(N=Nc3ccc(Cl)cc3P(=O)(O)O)(S(=O)(=O)O)CC2=C1. The van der Waals surface area contributed by atoms with Crippen LogP contribution in [0.4, 0.5) is 11.4 Å². The number of aliphatic hydroxyl groups is 2. The Labute approximate surface area is 269 Å². The Hall–Kier alpha value is -2.84. The quantitative estimate of drug-likeness (QED) is 0.108. The number of allylic oxidation sites excluding steroid dienone is 1. The summed E-state index contributed by atoms with van der Waals surface area (Å²) in [5.74, 6) is -2.07. The van der Waals surface area contributed by atoms with E-state index in [1.54, 1.807) is 0 Å². The molecular weight excluding hydrogens is 741 g/mol. The van der Waals surface area contributed by atoms with Gasteiger partial charge in [0.25, 0.3) is 10.1 Å². The van der Waals surface area contributed by atoms with Gasteiger partial charge in [0.15, 0.2) is 0 Å². The van der Waals surface area contributed by atoms with Crippen molar-refractivity contribution in [1.82, 2.24) is 0 Å². The molecule has 248 valence electrons. The third-order valence-corrected chi connectivity index (χ3v) is 11.5. The normalized spacial score (nSPS) is 23.0. The van der Waals surface area contributed by atoms with Crippen molar-refractivity contribution in [1.29, 1.82) is 0 Å². The molecule has 4 rings (SSSR count). The Balaban J connectivity index is 1.93. The smallest absolute Gasteiger partial charge is 0.358 e. The third-order valence-electron chi connectivity index (χ3n) is 6.55. The number of fused-ring (bicyclic) bond motifs is 1. The maximum absolute atomic E-state index is 12.7. The molecule has 46 heavy (non-hydrogen) atoms. The number of azo groups is 2. The van der Waals surface area contributed by atoms with E-state index in [0.717, 1.165) is 36.4 Å². The molecule has 2 unspecified atom stereocenters. The van der Waals surface area contributed by atoms with Crippen molar-refractivity contribution in [3.63, 3.8) is 0 Å². The maximum atomic E-state index is 12.7. The summed E-state index contributed by atoms with van der Waals surface area (Å²) in [5, 5.41) is 33.8. The Kier molecular flexibility index (Phi) is 9.39. The average Bonchev–Trinajstić information content (AvgIpc) is 2.89. The van der Waals surface area contributed by atoms with Crippen molar-refractivity contribution in [3.8, 4) is 0 Å². The van der Waals surface area contributed by atoms with Gasteiger partial charge < -0.3 is 29.8 Å². The third kappa shape index (κ3) is 7.03. The van der Waals surface area contributed by atoms with Crippen molar-refractivity contribution >= 4 is 80.6 Å². The minimum Gasteiger partial charge on any atom is -0.511 e. The van der Waals surface area contributed by atoms with Crippen LogP contribution in [-0.2, 0) is 29.4 Å². The van der Waals surface area contributed by atoms with Crippen molar-refractivity contribution in [2.24, 2.45) is 20.5 Å². The van der Waals surface area contributed by atoms with Gasteiger partial charge in [0, 0.05) is 29.0 Å². The molecule has 24 heteroatoms. The molecule has 0 bridgehead atoms. The fraction of sp³-hybridized carbons (Fsp3) is 0.182. The van der Waals surface area contributed by atoms with Crippen molar-refractivity contribution in [3.05, 3.63) is 81.3 Å². The minimum atomic E-state index is -5.53. The number of benzene rings is 2. The Morgan fingerprint density at radius 3 is 1.63 bits per heavy atom. The minimum absolute atomic E-state index is 0.137. The van der Waals surface area contributed by atoms with Crippen LogP contribution < -0.4 is 10.6 Å². The van der Waals surface area contributed by atoms with E-state index in [9.17, 15) is 64.9 Å². The summed E-state index contributed by atoms with van der Waals surface area (Å²) in [4.78, 5) is 32.6. The molecule has 0 amide bonds. The molecule has 2 aromatic carbocycles. The zero-order valence-electron chi connectivity index (χ0n) is 22.3. The van der Waals surface area contributed by atoms with Crippen LogP contribution in [0, 0.1) is 0 Å². The molecule has 2 aliphatic carbocycles. The first-order valence-electron chi connectivity index (χ1n) is 12.0. The molecule has 0 spiro atoms. The fourth-order valence-electron chi connectivity index (χ4n) is 4.45. The zero-order chi connectivity index (χ0) is 34.7. The van der Waals surface area contributed by atoms with Crippen molar-refractivity contribution in [2.75, 3.05) is 0 Å². The van der Waals surface area contributed by atoms with Gasteiger partial charge in [-0.1, -0.05) is 23.2 Å². The maximum Gasteiger partial charge on any atom is 0.358 e. The van der Waals surface area contributed by atoms with Crippen LogP contribution in [0.5, 0.6) is 0 Å². The summed E-state index contributed by atoms with van der Waals surface area (Å²) in [6, 6.07) is 5.79. The zero-order valence-corrected chi connectivity index (χ0v) is 27.2. The van der Waals surface area contributed by atoms with Crippen molar-refractivity contribution in [2.45, 2.75) is 22.6 Å². The molecule has 0 saturated carbocycles. The lowest BCUT2D eigenvalue weighted by Gasteiger charge is -2.35. The number of hydrogen-bond donors (Lipinski definition) is 8. The van der Waals surface area contributed by atoms with Gasteiger partial charge >= 0.3 is 25.3 Å². The molecule has 0 radical (unpaired) electrons. The molecular formula is C22H20Cl2N4O14P2S2. The summed E-state index contributed by atoms with van der Waals surface area (Å²) in [5.41, 5.74) is -2.40. The second kappa shape index (κ2) is 12.0. The van der Waals surface area contributed by atoms with Gasteiger partial charge in [0.1, 0.15) is 22.9 Å². The summed E-state index contributed by atoms with van der Waals surface area (Å²) in [6.07, 6.45) is -1.29. The number of aliphatic hydroxyl groups excluding tert-OH is 2. The van der Waals surface area contributed by atoms with E-state index in [4.69, 9.17) is 23.2 Å². The van der Waals surface area contributed by atoms with Gasteiger partial charge in [-0.25, -0.2) is 0 Å². The molecule has 2 aromatic rings. The van der Waals surface area contributed by atoms with Gasteiger partial charge in [-0.2, -0.15) is 37.3 Å². The lowest BCUT2D eigenvalue weighted by molar-refractivity contribution is 0.310. The predicted octanol–water partition coefficient (Wildman–Crippen LogP) is 3.62. The van der Waals surface area contributed by atoms with Gasteiger partial charge in [-0.05, 0) is 48.0 Å². The molecule has 0 fully saturated rings. The highest BCUT2D eigenvalue weighted by Gasteiger charge is 2.53. The molecule has 0 saturated heterocycles. The van der Waals surface area contributed by atoms with E-state index in [1.165, 1.54) is 0 Å². The molecule has 2 aliphatic rings.